The number of hydrogen-bond acceptors (Lipinski definition) is 7. The standard InChI is InChI=1S/C26H31F2N7O/c1-16-13-34(24(36)25(3,4)23(27)28)17(2)12-33(16)21-20-22(32-15-31-21)35(14-26(20)7-5-8-26)19-10-18(11-29)6-9-30-19/h6,9-10,15-17,23H,5,7-8,12-14H2,1-4H3. The van der Waals surface area contributed by atoms with Crippen LogP contribution in [0.4, 0.5) is 26.2 Å². The summed E-state index contributed by atoms with van der Waals surface area (Å²) in [6.45, 7) is 8.10. The summed E-state index contributed by atoms with van der Waals surface area (Å²) in [6, 6.07) is 5.29. The molecule has 2 unspecified atom stereocenters. The largest absolute Gasteiger partial charge is 0.350 e. The van der Waals surface area contributed by atoms with E-state index in [0.29, 0.717) is 24.5 Å². The van der Waals surface area contributed by atoms with Gasteiger partial charge in [-0.1, -0.05) is 6.42 Å². The topological polar surface area (TPSA) is 89.2 Å². The Labute approximate surface area is 209 Å². The second-order valence-electron chi connectivity index (χ2n) is 11.0. The molecule has 1 saturated carbocycles. The van der Waals surface area contributed by atoms with Gasteiger partial charge in [0.05, 0.1) is 11.6 Å². The van der Waals surface area contributed by atoms with E-state index >= 15 is 0 Å². The van der Waals surface area contributed by atoms with Crippen molar-refractivity contribution in [2.75, 3.05) is 29.4 Å². The highest BCUT2D eigenvalue weighted by Crippen LogP contribution is 2.56. The van der Waals surface area contributed by atoms with E-state index < -0.39 is 17.7 Å². The van der Waals surface area contributed by atoms with E-state index in [1.165, 1.54) is 13.8 Å². The van der Waals surface area contributed by atoms with E-state index in [0.717, 1.165) is 43.0 Å². The van der Waals surface area contributed by atoms with Crippen LogP contribution in [-0.4, -0.2) is 63.9 Å². The molecule has 0 N–H and O–H groups in total. The highest BCUT2D eigenvalue weighted by Gasteiger charge is 2.52. The van der Waals surface area contributed by atoms with Crippen molar-refractivity contribution < 1.29 is 13.6 Å². The molecule has 1 saturated heterocycles. The monoisotopic (exact) mass is 495 g/mol. The number of nitrogens with zero attached hydrogens (tertiary/aromatic N) is 7. The van der Waals surface area contributed by atoms with Crippen LogP contribution in [0.1, 0.15) is 58.1 Å². The molecule has 190 valence electrons. The predicted molar refractivity (Wildman–Crippen MR) is 131 cm³/mol. The van der Waals surface area contributed by atoms with E-state index in [1.54, 1.807) is 29.6 Å². The molecule has 2 aliphatic heterocycles. The van der Waals surface area contributed by atoms with Gasteiger partial charge in [-0.2, -0.15) is 5.26 Å². The third-order valence-electron chi connectivity index (χ3n) is 8.13. The molecule has 8 nitrogen and oxygen atoms in total. The lowest BCUT2D eigenvalue weighted by molar-refractivity contribution is -0.152. The van der Waals surface area contributed by atoms with Crippen LogP contribution in [0.25, 0.3) is 0 Å². The van der Waals surface area contributed by atoms with Gasteiger partial charge in [-0.05, 0) is 52.7 Å². The molecule has 4 heterocycles. The Morgan fingerprint density at radius 1 is 1.17 bits per heavy atom. The van der Waals surface area contributed by atoms with Gasteiger partial charge in [-0.3, -0.25) is 4.79 Å². The zero-order chi connectivity index (χ0) is 25.8. The zero-order valence-electron chi connectivity index (χ0n) is 21.1. The Bertz CT molecular complexity index is 1220. The fourth-order valence-electron chi connectivity index (χ4n) is 5.73. The van der Waals surface area contributed by atoms with Crippen LogP contribution in [0.5, 0.6) is 0 Å². The number of carbonyl (C=O) groups is 1. The molecule has 36 heavy (non-hydrogen) atoms. The fraction of sp³-hybridized carbons (Fsp3) is 0.577. The van der Waals surface area contributed by atoms with Crippen LogP contribution in [0.3, 0.4) is 0 Å². The normalized spacial score (nSPS) is 23.0. The number of hydrogen-bond donors (Lipinski definition) is 0. The minimum atomic E-state index is -2.73. The van der Waals surface area contributed by atoms with Crippen molar-refractivity contribution in [3.8, 4) is 6.07 Å². The molecule has 2 aromatic rings. The maximum Gasteiger partial charge on any atom is 0.252 e. The molecule has 10 heteroatoms. The Morgan fingerprint density at radius 2 is 1.89 bits per heavy atom. The Kier molecular flexibility index (Phi) is 5.85. The SMILES string of the molecule is CC1CN(c2ncnc3c2C2(CCC2)CN3c2cc(C#N)ccn2)C(C)CN1C(=O)C(C)(C)C(F)F. The molecule has 0 bridgehead atoms. The number of aromatic nitrogens is 3. The van der Waals surface area contributed by atoms with Gasteiger partial charge >= 0.3 is 0 Å². The van der Waals surface area contributed by atoms with Gasteiger partial charge < -0.3 is 14.7 Å². The summed E-state index contributed by atoms with van der Waals surface area (Å²) in [4.78, 5) is 32.8. The van der Waals surface area contributed by atoms with Gasteiger partial charge in [0, 0.05) is 48.9 Å². The van der Waals surface area contributed by atoms with Crippen molar-refractivity contribution in [2.24, 2.45) is 5.41 Å². The highest BCUT2D eigenvalue weighted by molar-refractivity contribution is 5.83. The molecule has 3 aliphatic rings. The number of amides is 1. The summed E-state index contributed by atoms with van der Waals surface area (Å²) in [6.07, 6.45) is 3.61. The number of rotatable bonds is 4. The molecule has 0 radical (unpaired) electrons. The van der Waals surface area contributed by atoms with Gasteiger partial charge in [0.2, 0.25) is 5.91 Å². The number of anilines is 3. The van der Waals surface area contributed by atoms with E-state index in [-0.39, 0.29) is 17.5 Å². The second kappa shape index (κ2) is 8.64. The maximum atomic E-state index is 13.6. The lowest BCUT2D eigenvalue weighted by Crippen LogP contribution is -2.61. The van der Waals surface area contributed by atoms with Crippen LogP contribution < -0.4 is 9.80 Å². The smallest absolute Gasteiger partial charge is 0.252 e. The molecule has 2 aromatic heterocycles. The number of pyridine rings is 1. The third kappa shape index (κ3) is 3.67. The molecule has 1 spiro atoms. The molecule has 1 aliphatic carbocycles. The number of alkyl halides is 2. The molecular formula is C26H31F2N7O. The first kappa shape index (κ1) is 24.3. The van der Waals surface area contributed by atoms with Gasteiger partial charge in [0.25, 0.3) is 6.43 Å². The Morgan fingerprint density at radius 3 is 2.53 bits per heavy atom. The predicted octanol–water partition coefficient (Wildman–Crippen LogP) is 4.03. The summed E-state index contributed by atoms with van der Waals surface area (Å²) in [5.74, 6) is 1.82. The first-order valence-corrected chi connectivity index (χ1v) is 12.4. The molecule has 5 rings (SSSR count). The molecule has 1 amide bonds. The van der Waals surface area contributed by atoms with Gasteiger partial charge in [0.15, 0.2) is 0 Å². The number of carbonyl (C=O) groups excluding carboxylic acids is 1. The second-order valence-corrected chi connectivity index (χ2v) is 11.0. The van der Waals surface area contributed by atoms with E-state index in [9.17, 15) is 18.8 Å². The van der Waals surface area contributed by atoms with Crippen LogP contribution in [-0.2, 0) is 10.2 Å². The van der Waals surface area contributed by atoms with Crippen LogP contribution >= 0.6 is 0 Å². The molecule has 2 fully saturated rings. The van der Waals surface area contributed by atoms with Gasteiger partial charge in [0.1, 0.15) is 29.2 Å². The van der Waals surface area contributed by atoms with Crippen LogP contribution in [0.15, 0.2) is 24.7 Å². The third-order valence-corrected chi connectivity index (χ3v) is 8.13. The summed E-state index contributed by atoms with van der Waals surface area (Å²) >= 11 is 0. The van der Waals surface area contributed by atoms with Crippen molar-refractivity contribution in [1.82, 2.24) is 19.9 Å². The van der Waals surface area contributed by atoms with E-state index in [1.807, 2.05) is 13.8 Å². The fourth-order valence-corrected chi connectivity index (χ4v) is 5.73. The van der Waals surface area contributed by atoms with Crippen molar-refractivity contribution in [3.63, 3.8) is 0 Å². The average molecular weight is 496 g/mol. The van der Waals surface area contributed by atoms with Gasteiger partial charge in [-0.15, -0.1) is 0 Å². The minimum Gasteiger partial charge on any atom is -0.350 e. The summed E-state index contributed by atoms with van der Waals surface area (Å²) < 4.78 is 27.2. The summed E-state index contributed by atoms with van der Waals surface area (Å²) in [5.41, 5.74) is -0.190. The van der Waals surface area contributed by atoms with Gasteiger partial charge in [-0.25, -0.2) is 23.7 Å². The summed E-state index contributed by atoms with van der Waals surface area (Å²) in [5, 5.41) is 9.37. The van der Waals surface area contributed by atoms with E-state index in [2.05, 4.69) is 25.8 Å². The van der Waals surface area contributed by atoms with Crippen LogP contribution in [0.2, 0.25) is 0 Å². The average Bonchev–Trinajstić information content (AvgIpc) is 3.21. The van der Waals surface area contributed by atoms with Crippen molar-refractivity contribution >= 4 is 23.4 Å². The zero-order valence-corrected chi connectivity index (χ0v) is 21.1. The first-order chi connectivity index (χ1) is 17.1. The number of piperazine rings is 1. The van der Waals surface area contributed by atoms with E-state index in [4.69, 9.17) is 4.98 Å². The number of nitriles is 1. The Balaban J connectivity index is 1.50. The first-order valence-electron chi connectivity index (χ1n) is 12.4. The lowest BCUT2D eigenvalue weighted by atomic mass is 9.66. The Hall–Kier alpha value is -3.35. The number of fused-ring (bicyclic) bond motifs is 2. The maximum absolute atomic E-state index is 13.6. The number of halogens is 2. The highest BCUT2D eigenvalue weighted by atomic mass is 19.3. The molecule has 2 atom stereocenters. The molecular weight excluding hydrogens is 464 g/mol. The minimum absolute atomic E-state index is 0.0934. The van der Waals surface area contributed by atoms with Crippen molar-refractivity contribution in [3.05, 3.63) is 35.8 Å². The molecule has 0 aromatic carbocycles. The summed E-state index contributed by atoms with van der Waals surface area (Å²) in [7, 11) is 0. The quantitative estimate of drug-likeness (QED) is 0.633. The van der Waals surface area contributed by atoms with Crippen molar-refractivity contribution in [2.45, 2.75) is 70.9 Å². The van der Waals surface area contributed by atoms with Crippen LogP contribution in [0, 0.1) is 16.7 Å². The lowest BCUT2D eigenvalue weighted by Gasteiger charge is -2.48. The van der Waals surface area contributed by atoms with Crippen molar-refractivity contribution in [1.29, 1.82) is 5.26 Å².